The van der Waals surface area contributed by atoms with E-state index in [4.69, 9.17) is 14.2 Å². The SMILES string of the molecule is CC(C)(C)OC(=O)NC/C=C/CNCc1cccc2c1OCO2. The number of benzene rings is 1. The molecule has 1 aliphatic heterocycles. The molecule has 0 spiro atoms. The average molecular weight is 320 g/mol. The maximum absolute atomic E-state index is 11.4. The number of nitrogens with one attached hydrogen (secondary N) is 2. The number of rotatable bonds is 6. The Morgan fingerprint density at radius 1 is 1.26 bits per heavy atom. The molecule has 1 aliphatic rings. The maximum atomic E-state index is 11.4. The fourth-order valence-corrected chi connectivity index (χ4v) is 2.04. The third kappa shape index (κ3) is 5.83. The van der Waals surface area contributed by atoms with Gasteiger partial charge in [-0.05, 0) is 26.8 Å². The molecule has 1 amide bonds. The molecule has 0 radical (unpaired) electrons. The zero-order valence-corrected chi connectivity index (χ0v) is 13.8. The number of fused-ring (bicyclic) bond motifs is 1. The topological polar surface area (TPSA) is 68.8 Å². The van der Waals surface area contributed by atoms with Crippen molar-refractivity contribution < 1.29 is 19.0 Å². The molecule has 126 valence electrons. The molecule has 1 aromatic rings. The molecule has 0 unspecified atom stereocenters. The van der Waals surface area contributed by atoms with Gasteiger partial charge in [-0.1, -0.05) is 24.3 Å². The molecule has 0 saturated carbocycles. The lowest BCUT2D eigenvalue weighted by molar-refractivity contribution is 0.0534. The summed E-state index contributed by atoms with van der Waals surface area (Å²) < 4.78 is 15.9. The van der Waals surface area contributed by atoms with Crippen molar-refractivity contribution in [1.29, 1.82) is 0 Å². The summed E-state index contributed by atoms with van der Waals surface area (Å²) in [4.78, 5) is 11.4. The van der Waals surface area contributed by atoms with E-state index in [-0.39, 0.29) is 6.79 Å². The monoisotopic (exact) mass is 320 g/mol. The van der Waals surface area contributed by atoms with Crippen LogP contribution in [0.2, 0.25) is 0 Å². The van der Waals surface area contributed by atoms with Crippen LogP contribution in [0, 0.1) is 0 Å². The Bertz CT molecular complexity index is 564. The highest BCUT2D eigenvalue weighted by Gasteiger charge is 2.16. The van der Waals surface area contributed by atoms with Crippen molar-refractivity contribution in [3.8, 4) is 11.5 Å². The highest BCUT2D eigenvalue weighted by molar-refractivity contribution is 5.67. The van der Waals surface area contributed by atoms with Gasteiger partial charge in [-0.2, -0.15) is 0 Å². The standard InChI is InChI=1S/C17H24N2O4/c1-17(2,3)23-16(20)19-10-5-4-9-18-11-13-7-6-8-14-15(13)22-12-21-14/h4-8,18H,9-12H2,1-3H3,(H,19,20)/b5-4+. The lowest BCUT2D eigenvalue weighted by Crippen LogP contribution is -2.32. The highest BCUT2D eigenvalue weighted by Crippen LogP contribution is 2.35. The zero-order valence-electron chi connectivity index (χ0n) is 13.8. The Balaban J connectivity index is 1.63. The van der Waals surface area contributed by atoms with E-state index in [9.17, 15) is 4.79 Å². The smallest absolute Gasteiger partial charge is 0.407 e. The van der Waals surface area contributed by atoms with Crippen molar-refractivity contribution in [3.63, 3.8) is 0 Å². The molecule has 1 heterocycles. The first-order chi connectivity index (χ1) is 11.0. The van der Waals surface area contributed by atoms with Crippen molar-refractivity contribution in [3.05, 3.63) is 35.9 Å². The van der Waals surface area contributed by atoms with Gasteiger partial charge in [0.25, 0.3) is 0 Å². The van der Waals surface area contributed by atoms with Crippen LogP contribution < -0.4 is 20.1 Å². The Morgan fingerprint density at radius 3 is 2.83 bits per heavy atom. The first-order valence-electron chi connectivity index (χ1n) is 7.66. The molecule has 1 aromatic carbocycles. The van der Waals surface area contributed by atoms with Crippen LogP contribution in [-0.4, -0.2) is 31.6 Å². The summed E-state index contributed by atoms with van der Waals surface area (Å²) in [5.74, 6) is 1.61. The zero-order chi connectivity index (χ0) is 16.7. The predicted molar refractivity (Wildman–Crippen MR) is 87.6 cm³/mol. The fraction of sp³-hybridized carbons (Fsp3) is 0.471. The van der Waals surface area contributed by atoms with Crippen LogP contribution in [0.3, 0.4) is 0 Å². The normalized spacial score (nSPS) is 13.3. The summed E-state index contributed by atoms with van der Waals surface area (Å²) in [6.07, 6.45) is 3.43. The van der Waals surface area contributed by atoms with Crippen LogP contribution in [0.4, 0.5) is 4.79 Å². The Labute approximate surface area is 136 Å². The molecule has 0 bridgehead atoms. The molecular weight excluding hydrogens is 296 g/mol. The third-order valence-electron chi connectivity index (χ3n) is 2.99. The summed E-state index contributed by atoms with van der Waals surface area (Å²) in [7, 11) is 0. The van der Waals surface area contributed by atoms with Gasteiger partial charge in [0, 0.05) is 25.2 Å². The van der Waals surface area contributed by atoms with Crippen LogP contribution in [0.15, 0.2) is 30.4 Å². The van der Waals surface area contributed by atoms with Gasteiger partial charge in [0.1, 0.15) is 5.60 Å². The van der Waals surface area contributed by atoms with Gasteiger partial charge < -0.3 is 24.8 Å². The Kier molecular flexibility index (Phi) is 5.87. The summed E-state index contributed by atoms with van der Waals surface area (Å²) in [5.41, 5.74) is 0.595. The number of para-hydroxylation sites is 1. The van der Waals surface area contributed by atoms with E-state index in [0.29, 0.717) is 19.6 Å². The maximum Gasteiger partial charge on any atom is 0.407 e. The van der Waals surface area contributed by atoms with Gasteiger partial charge in [-0.15, -0.1) is 0 Å². The van der Waals surface area contributed by atoms with E-state index >= 15 is 0 Å². The quantitative estimate of drug-likeness (QED) is 0.623. The van der Waals surface area contributed by atoms with Crippen LogP contribution in [0.25, 0.3) is 0 Å². The minimum absolute atomic E-state index is 0.280. The number of hydrogen-bond acceptors (Lipinski definition) is 5. The lowest BCUT2D eigenvalue weighted by Gasteiger charge is -2.19. The molecule has 0 aliphatic carbocycles. The van der Waals surface area contributed by atoms with Gasteiger partial charge >= 0.3 is 6.09 Å². The van der Waals surface area contributed by atoms with E-state index in [1.807, 2.05) is 51.1 Å². The molecule has 6 heteroatoms. The third-order valence-corrected chi connectivity index (χ3v) is 2.99. The minimum Gasteiger partial charge on any atom is -0.454 e. The predicted octanol–water partition coefficient (Wildman–Crippen LogP) is 2.59. The summed E-state index contributed by atoms with van der Waals surface area (Å²) in [6.45, 7) is 7.61. The Morgan fingerprint density at radius 2 is 2.04 bits per heavy atom. The minimum atomic E-state index is -0.475. The molecular formula is C17H24N2O4. The van der Waals surface area contributed by atoms with Crippen LogP contribution in [0.5, 0.6) is 11.5 Å². The second-order valence-electron chi connectivity index (χ2n) is 6.14. The molecule has 0 fully saturated rings. The van der Waals surface area contributed by atoms with Crippen LogP contribution in [-0.2, 0) is 11.3 Å². The van der Waals surface area contributed by atoms with E-state index in [1.54, 1.807) is 0 Å². The van der Waals surface area contributed by atoms with Gasteiger partial charge in [0.15, 0.2) is 11.5 Å². The molecule has 23 heavy (non-hydrogen) atoms. The van der Waals surface area contributed by atoms with Gasteiger partial charge in [0.2, 0.25) is 6.79 Å². The van der Waals surface area contributed by atoms with Crippen molar-refractivity contribution in [1.82, 2.24) is 10.6 Å². The number of carbonyl (C=O) groups excluding carboxylic acids is 1. The lowest BCUT2D eigenvalue weighted by atomic mass is 10.2. The van der Waals surface area contributed by atoms with E-state index in [1.165, 1.54) is 0 Å². The van der Waals surface area contributed by atoms with E-state index in [2.05, 4.69) is 10.6 Å². The number of ether oxygens (including phenoxy) is 3. The average Bonchev–Trinajstić information content (AvgIpc) is 2.93. The molecule has 0 atom stereocenters. The van der Waals surface area contributed by atoms with Gasteiger partial charge in [-0.3, -0.25) is 0 Å². The van der Waals surface area contributed by atoms with Gasteiger partial charge in [-0.25, -0.2) is 4.79 Å². The highest BCUT2D eigenvalue weighted by atomic mass is 16.7. The molecule has 0 saturated heterocycles. The summed E-state index contributed by atoms with van der Waals surface area (Å²) in [5, 5.41) is 5.96. The largest absolute Gasteiger partial charge is 0.454 e. The molecule has 2 N–H and O–H groups in total. The van der Waals surface area contributed by atoms with Crippen LogP contribution >= 0.6 is 0 Å². The first kappa shape index (κ1) is 17.1. The van der Waals surface area contributed by atoms with E-state index < -0.39 is 11.7 Å². The van der Waals surface area contributed by atoms with Crippen molar-refractivity contribution in [2.45, 2.75) is 32.9 Å². The molecule has 0 aromatic heterocycles. The van der Waals surface area contributed by atoms with Crippen LogP contribution in [0.1, 0.15) is 26.3 Å². The summed E-state index contributed by atoms with van der Waals surface area (Å²) >= 11 is 0. The second-order valence-corrected chi connectivity index (χ2v) is 6.14. The number of amides is 1. The summed E-state index contributed by atoms with van der Waals surface area (Å²) in [6, 6.07) is 5.85. The van der Waals surface area contributed by atoms with E-state index in [0.717, 1.165) is 17.1 Å². The number of hydrogen-bond donors (Lipinski definition) is 2. The van der Waals surface area contributed by atoms with Crippen molar-refractivity contribution in [2.75, 3.05) is 19.9 Å². The Hall–Kier alpha value is -2.21. The molecule has 2 rings (SSSR count). The first-order valence-corrected chi connectivity index (χ1v) is 7.66. The van der Waals surface area contributed by atoms with Crippen molar-refractivity contribution >= 4 is 6.09 Å². The second kappa shape index (κ2) is 7.87. The van der Waals surface area contributed by atoms with Gasteiger partial charge in [0.05, 0.1) is 0 Å². The molecule has 6 nitrogen and oxygen atoms in total. The van der Waals surface area contributed by atoms with Crippen molar-refractivity contribution in [2.24, 2.45) is 0 Å². The fourth-order valence-electron chi connectivity index (χ4n) is 2.04. The number of alkyl carbamates (subject to hydrolysis) is 1. The number of carbonyl (C=O) groups is 1.